The Kier molecular flexibility index (Phi) is 3.69. The molecule has 0 aliphatic carbocycles. The van der Waals surface area contributed by atoms with Crippen molar-refractivity contribution in [2.75, 3.05) is 0 Å². The third-order valence-electron chi connectivity index (χ3n) is 2.88. The van der Waals surface area contributed by atoms with Crippen LogP contribution in [-0.4, -0.2) is 16.0 Å². The van der Waals surface area contributed by atoms with Crippen LogP contribution < -0.4 is 0 Å². The maximum atomic E-state index is 13.4. The van der Waals surface area contributed by atoms with Crippen LogP contribution >= 0.6 is 0 Å². The van der Waals surface area contributed by atoms with Gasteiger partial charge < -0.3 is 0 Å². The van der Waals surface area contributed by atoms with E-state index in [1.165, 1.54) is 12.1 Å². The highest BCUT2D eigenvalue weighted by Gasteiger charge is 2.16. The highest BCUT2D eigenvalue weighted by atomic mass is 19.1. The number of carbonyl (C=O) groups is 1. The van der Waals surface area contributed by atoms with Gasteiger partial charge in [-0.2, -0.15) is 10.2 Å². The predicted octanol–water partition coefficient (Wildman–Crippen LogP) is 3.03. The lowest BCUT2D eigenvalue weighted by Crippen LogP contribution is -2.09. The molecular formula is C15H15FN2O. The Morgan fingerprint density at radius 2 is 1.89 bits per heavy atom. The van der Waals surface area contributed by atoms with Gasteiger partial charge in [0.05, 0.1) is 11.4 Å². The van der Waals surface area contributed by atoms with Gasteiger partial charge in [0, 0.05) is 11.1 Å². The number of ketones is 1. The molecule has 98 valence electrons. The van der Waals surface area contributed by atoms with Crippen molar-refractivity contribution in [1.29, 1.82) is 0 Å². The summed E-state index contributed by atoms with van der Waals surface area (Å²) in [6, 6.07) is 6.03. The molecule has 0 spiro atoms. The maximum absolute atomic E-state index is 13.4. The summed E-state index contributed by atoms with van der Waals surface area (Å²) in [5, 5.41) is 7.97. The number of aromatic nitrogens is 2. The number of benzene rings is 1. The predicted molar refractivity (Wildman–Crippen MR) is 70.7 cm³/mol. The van der Waals surface area contributed by atoms with E-state index in [9.17, 15) is 9.18 Å². The van der Waals surface area contributed by atoms with Crippen LogP contribution in [0, 0.1) is 19.7 Å². The van der Waals surface area contributed by atoms with Crippen LogP contribution in [0.1, 0.15) is 39.8 Å². The molecule has 0 atom stereocenters. The molecular weight excluding hydrogens is 243 g/mol. The second kappa shape index (κ2) is 5.26. The molecule has 2 rings (SSSR count). The molecule has 19 heavy (non-hydrogen) atoms. The molecule has 0 saturated carbocycles. The van der Waals surface area contributed by atoms with Crippen molar-refractivity contribution in [2.24, 2.45) is 0 Å². The second-order valence-electron chi connectivity index (χ2n) is 4.55. The summed E-state index contributed by atoms with van der Waals surface area (Å²) in [5.74, 6) is -0.613. The number of aryl methyl sites for hydroxylation is 3. The van der Waals surface area contributed by atoms with Crippen molar-refractivity contribution in [2.45, 2.75) is 27.2 Å². The van der Waals surface area contributed by atoms with Gasteiger partial charge in [-0.05, 0) is 50.1 Å². The Bertz CT molecular complexity index is 618. The fourth-order valence-corrected chi connectivity index (χ4v) is 1.99. The minimum Gasteiger partial charge on any atom is -0.289 e. The van der Waals surface area contributed by atoms with Gasteiger partial charge >= 0.3 is 0 Å². The van der Waals surface area contributed by atoms with Gasteiger partial charge in [-0.25, -0.2) is 4.39 Å². The number of nitrogens with zero attached hydrogens (tertiary/aromatic N) is 2. The molecule has 0 aliphatic rings. The molecule has 2 aromatic rings. The number of hydrogen-bond acceptors (Lipinski definition) is 3. The molecule has 4 heteroatoms. The van der Waals surface area contributed by atoms with Crippen LogP contribution in [0.25, 0.3) is 0 Å². The minimum atomic E-state index is -0.403. The van der Waals surface area contributed by atoms with Crippen LogP contribution in [0.15, 0.2) is 24.3 Å². The summed E-state index contributed by atoms with van der Waals surface area (Å²) < 4.78 is 13.4. The van der Waals surface area contributed by atoms with E-state index in [0.717, 1.165) is 5.56 Å². The number of hydrogen-bond donors (Lipinski definition) is 0. The molecule has 0 bridgehead atoms. The summed E-state index contributed by atoms with van der Waals surface area (Å²) in [6.07, 6.45) is 0.614. The van der Waals surface area contributed by atoms with E-state index in [1.807, 2.05) is 6.92 Å². The second-order valence-corrected chi connectivity index (χ2v) is 4.55. The number of carbonyl (C=O) groups excluding carboxylic acids is 1. The van der Waals surface area contributed by atoms with E-state index >= 15 is 0 Å². The van der Waals surface area contributed by atoms with Crippen LogP contribution in [0.4, 0.5) is 4.39 Å². The SMILES string of the molecule is CCc1nnc(C)cc1C(=O)c1cc(C)cc(F)c1. The molecule has 3 nitrogen and oxygen atoms in total. The van der Waals surface area contributed by atoms with Crippen LogP contribution in [0.3, 0.4) is 0 Å². The van der Waals surface area contributed by atoms with Crippen LogP contribution in [0.2, 0.25) is 0 Å². The zero-order valence-electron chi connectivity index (χ0n) is 11.2. The third-order valence-corrected chi connectivity index (χ3v) is 2.88. The van der Waals surface area contributed by atoms with Gasteiger partial charge in [0.1, 0.15) is 5.82 Å². The maximum Gasteiger partial charge on any atom is 0.195 e. The molecule has 0 fully saturated rings. The summed E-state index contributed by atoms with van der Waals surface area (Å²) in [4.78, 5) is 12.4. The number of rotatable bonds is 3. The van der Waals surface area contributed by atoms with E-state index in [4.69, 9.17) is 0 Å². The monoisotopic (exact) mass is 258 g/mol. The average molecular weight is 258 g/mol. The molecule has 1 aromatic carbocycles. The first-order valence-corrected chi connectivity index (χ1v) is 6.16. The zero-order valence-corrected chi connectivity index (χ0v) is 11.2. The molecule has 0 amide bonds. The average Bonchev–Trinajstić information content (AvgIpc) is 2.36. The molecule has 1 aromatic heterocycles. The topological polar surface area (TPSA) is 42.9 Å². The minimum absolute atomic E-state index is 0.211. The molecule has 0 unspecified atom stereocenters. The van der Waals surface area contributed by atoms with Crippen molar-refractivity contribution in [3.8, 4) is 0 Å². The smallest absolute Gasteiger partial charge is 0.195 e. The fourth-order valence-electron chi connectivity index (χ4n) is 1.99. The quantitative estimate of drug-likeness (QED) is 0.795. The standard InChI is InChI=1S/C15H15FN2O/c1-4-14-13(7-10(3)17-18-14)15(19)11-5-9(2)6-12(16)8-11/h5-8H,4H2,1-3H3. The first-order chi connectivity index (χ1) is 9.01. The molecule has 0 saturated heterocycles. The lowest BCUT2D eigenvalue weighted by Gasteiger charge is -2.07. The van der Waals surface area contributed by atoms with Gasteiger partial charge in [0.25, 0.3) is 0 Å². The lowest BCUT2D eigenvalue weighted by molar-refractivity contribution is 0.103. The largest absolute Gasteiger partial charge is 0.289 e. The Morgan fingerprint density at radius 1 is 1.16 bits per heavy atom. The Balaban J connectivity index is 2.52. The van der Waals surface area contributed by atoms with E-state index in [-0.39, 0.29) is 5.78 Å². The van der Waals surface area contributed by atoms with Crippen molar-refractivity contribution in [3.05, 3.63) is 58.2 Å². The van der Waals surface area contributed by atoms with Crippen LogP contribution in [0.5, 0.6) is 0 Å². The van der Waals surface area contributed by atoms with Crippen LogP contribution in [-0.2, 0) is 6.42 Å². The summed E-state index contributed by atoms with van der Waals surface area (Å²) in [7, 11) is 0. The van der Waals surface area contributed by atoms with Crippen molar-refractivity contribution < 1.29 is 9.18 Å². The van der Waals surface area contributed by atoms with Crippen molar-refractivity contribution in [3.63, 3.8) is 0 Å². The summed E-state index contributed by atoms with van der Waals surface area (Å²) in [6.45, 7) is 5.45. The van der Waals surface area contributed by atoms with E-state index < -0.39 is 5.82 Å². The Morgan fingerprint density at radius 3 is 2.53 bits per heavy atom. The van der Waals surface area contributed by atoms with Gasteiger partial charge in [-0.15, -0.1) is 0 Å². The highest BCUT2D eigenvalue weighted by molar-refractivity contribution is 6.09. The first-order valence-electron chi connectivity index (χ1n) is 6.16. The molecule has 0 radical (unpaired) electrons. The third kappa shape index (κ3) is 2.84. The zero-order chi connectivity index (χ0) is 14.0. The van der Waals surface area contributed by atoms with Gasteiger partial charge in [0.15, 0.2) is 5.78 Å². The summed E-state index contributed by atoms with van der Waals surface area (Å²) in [5.41, 5.74) is 2.88. The van der Waals surface area contributed by atoms with E-state index in [1.54, 1.807) is 26.0 Å². The van der Waals surface area contributed by atoms with Gasteiger partial charge in [-0.1, -0.05) is 6.92 Å². The number of halogens is 1. The lowest BCUT2D eigenvalue weighted by atomic mass is 9.99. The Labute approximate surface area is 111 Å². The van der Waals surface area contributed by atoms with Crippen molar-refractivity contribution >= 4 is 5.78 Å². The Hall–Kier alpha value is -2.10. The molecule has 1 heterocycles. The highest BCUT2D eigenvalue weighted by Crippen LogP contribution is 2.16. The van der Waals surface area contributed by atoms with Crippen molar-refractivity contribution in [1.82, 2.24) is 10.2 Å². The van der Waals surface area contributed by atoms with Gasteiger partial charge in [0.2, 0.25) is 0 Å². The summed E-state index contributed by atoms with van der Waals surface area (Å²) >= 11 is 0. The molecule has 0 aliphatic heterocycles. The van der Waals surface area contributed by atoms with E-state index in [0.29, 0.717) is 28.9 Å². The first kappa shape index (κ1) is 13.3. The normalized spacial score (nSPS) is 10.5. The van der Waals surface area contributed by atoms with E-state index in [2.05, 4.69) is 10.2 Å². The van der Waals surface area contributed by atoms with Gasteiger partial charge in [-0.3, -0.25) is 4.79 Å². The molecule has 0 N–H and O–H groups in total. The fraction of sp³-hybridized carbons (Fsp3) is 0.267.